The van der Waals surface area contributed by atoms with Crippen molar-refractivity contribution < 1.29 is 0 Å². The second-order valence-electron chi connectivity index (χ2n) is 6.27. The van der Waals surface area contributed by atoms with Crippen LogP contribution in [0.25, 0.3) is 0 Å². The molecule has 0 amide bonds. The van der Waals surface area contributed by atoms with E-state index < -0.39 is 0 Å². The standard InChI is InChI=1S/C19H31NS/c1-3-13-20-18(15-21-19-7-5-6-8-19)14-17-11-9-16(4-2)10-12-17/h9-12,18-20H,3-8,13-15H2,1-2H3. The molecule has 1 unspecified atom stereocenters. The monoisotopic (exact) mass is 305 g/mol. The molecule has 1 saturated carbocycles. The van der Waals surface area contributed by atoms with E-state index >= 15 is 0 Å². The van der Waals surface area contributed by atoms with Gasteiger partial charge in [0, 0.05) is 17.0 Å². The molecule has 1 aliphatic rings. The summed E-state index contributed by atoms with van der Waals surface area (Å²) < 4.78 is 0. The van der Waals surface area contributed by atoms with E-state index in [4.69, 9.17) is 0 Å². The quantitative estimate of drug-likeness (QED) is 0.701. The molecule has 0 aliphatic heterocycles. The maximum atomic E-state index is 3.75. The lowest BCUT2D eigenvalue weighted by molar-refractivity contribution is 0.549. The van der Waals surface area contributed by atoms with Gasteiger partial charge in [-0.25, -0.2) is 0 Å². The highest BCUT2D eigenvalue weighted by Crippen LogP contribution is 2.30. The summed E-state index contributed by atoms with van der Waals surface area (Å²) in [5.74, 6) is 1.26. The average Bonchev–Trinajstić information content (AvgIpc) is 3.04. The van der Waals surface area contributed by atoms with Crippen LogP contribution in [0.1, 0.15) is 57.1 Å². The van der Waals surface area contributed by atoms with Crippen molar-refractivity contribution in [3.63, 3.8) is 0 Å². The summed E-state index contributed by atoms with van der Waals surface area (Å²) in [6, 6.07) is 9.84. The van der Waals surface area contributed by atoms with Gasteiger partial charge in [0.05, 0.1) is 0 Å². The zero-order chi connectivity index (χ0) is 14.9. The van der Waals surface area contributed by atoms with Crippen molar-refractivity contribution in [3.8, 4) is 0 Å². The van der Waals surface area contributed by atoms with Crippen LogP contribution in [-0.2, 0) is 12.8 Å². The largest absolute Gasteiger partial charge is 0.313 e. The molecule has 0 bridgehead atoms. The van der Waals surface area contributed by atoms with Gasteiger partial charge in [0.15, 0.2) is 0 Å². The molecular formula is C19H31NS. The Morgan fingerprint density at radius 2 is 1.76 bits per heavy atom. The number of thioether (sulfide) groups is 1. The molecule has 1 aliphatic carbocycles. The molecule has 1 aromatic carbocycles. The van der Waals surface area contributed by atoms with Crippen molar-refractivity contribution in [1.82, 2.24) is 5.32 Å². The lowest BCUT2D eigenvalue weighted by atomic mass is 10.0. The third-order valence-electron chi connectivity index (χ3n) is 4.43. The van der Waals surface area contributed by atoms with Crippen LogP contribution in [0.2, 0.25) is 0 Å². The minimum absolute atomic E-state index is 0.628. The molecule has 21 heavy (non-hydrogen) atoms. The average molecular weight is 306 g/mol. The van der Waals surface area contributed by atoms with Crippen molar-refractivity contribution in [2.75, 3.05) is 12.3 Å². The molecule has 1 N–H and O–H groups in total. The third kappa shape index (κ3) is 6.04. The molecule has 0 spiro atoms. The maximum absolute atomic E-state index is 3.75. The Kier molecular flexibility index (Phi) is 7.66. The second kappa shape index (κ2) is 9.53. The van der Waals surface area contributed by atoms with Crippen molar-refractivity contribution in [3.05, 3.63) is 35.4 Å². The molecule has 0 radical (unpaired) electrons. The van der Waals surface area contributed by atoms with Crippen LogP contribution in [0.5, 0.6) is 0 Å². The molecule has 2 heteroatoms. The highest BCUT2D eigenvalue weighted by Gasteiger charge is 2.17. The van der Waals surface area contributed by atoms with E-state index in [-0.39, 0.29) is 0 Å². The molecule has 1 aromatic rings. The van der Waals surface area contributed by atoms with E-state index in [1.807, 2.05) is 0 Å². The molecule has 118 valence electrons. The SMILES string of the molecule is CCCNC(CSC1CCCC1)Cc1ccc(CC)cc1. The topological polar surface area (TPSA) is 12.0 Å². The molecule has 2 rings (SSSR count). The van der Waals surface area contributed by atoms with Gasteiger partial charge in [-0.1, -0.05) is 51.0 Å². The summed E-state index contributed by atoms with van der Waals surface area (Å²) in [5, 5.41) is 4.68. The van der Waals surface area contributed by atoms with Crippen LogP contribution in [0, 0.1) is 0 Å². The fourth-order valence-electron chi connectivity index (χ4n) is 3.04. The van der Waals surface area contributed by atoms with Crippen LogP contribution in [-0.4, -0.2) is 23.6 Å². The van der Waals surface area contributed by atoms with Gasteiger partial charge in [-0.15, -0.1) is 0 Å². The molecule has 0 saturated heterocycles. The second-order valence-corrected chi connectivity index (χ2v) is 7.60. The summed E-state index contributed by atoms with van der Waals surface area (Å²) in [7, 11) is 0. The Balaban J connectivity index is 1.84. The lowest BCUT2D eigenvalue weighted by Gasteiger charge is -2.20. The molecule has 1 nitrogen and oxygen atoms in total. The Bertz CT molecular complexity index is 381. The van der Waals surface area contributed by atoms with Gasteiger partial charge >= 0.3 is 0 Å². The zero-order valence-electron chi connectivity index (χ0n) is 13.7. The van der Waals surface area contributed by atoms with Gasteiger partial charge in [-0.3, -0.25) is 0 Å². The van der Waals surface area contributed by atoms with Gasteiger partial charge < -0.3 is 5.32 Å². The van der Waals surface area contributed by atoms with Crippen LogP contribution >= 0.6 is 11.8 Å². The highest BCUT2D eigenvalue weighted by atomic mass is 32.2. The molecule has 0 aromatic heterocycles. The Morgan fingerprint density at radius 3 is 2.38 bits per heavy atom. The number of nitrogens with one attached hydrogen (secondary N) is 1. The summed E-state index contributed by atoms with van der Waals surface area (Å²) in [6.45, 7) is 5.62. The minimum Gasteiger partial charge on any atom is -0.313 e. The fourth-order valence-corrected chi connectivity index (χ4v) is 4.45. The molecular weight excluding hydrogens is 274 g/mol. The van der Waals surface area contributed by atoms with Crippen molar-refractivity contribution in [2.24, 2.45) is 0 Å². The zero-order valence-corrected chi connectivity index (χ0v) is 14.6. The van der Waals surface area contributed by atoms with E-state index in [9.17, 15) is 0 Å². The van der Waals surface area contributed by atoms with Gasteiger partial charge in [0.2, 0.25) is 0 Å². The first-order valence-electron chi connectivity index (χ1n) is 8.74. The number of benzene rings is 1. The van der Waals surface area contributed by atoms with Crippen LogP contribution < -0.4 is 5.32 Å². The predicted octanol–water partition coefficient (Wildman–Crippen LogP) is 4.84. The van der Waals surface area contributed by atoms with Gasteiger partial charge in [-0.05, 0) is 49.8 Å². The van der Waals surface area contributed by atoms with E-state index in [2.05, 4.69) is 55.2 Å². The number of aryl methyl sites for hydroxylation is 1. The predicted molar refractivity (Wildman–Crippen MR) is 96.3 cm³/mol. The lowest BCUT2D eigenvalue weighted by Crippen LogP contribution is -2.34. The van der Waals surface area contributed by atoms with Crippen molar-refractivity contribution >= 4 is 11.8 Å². The maximum Gasteiger partial charge on any atom is 0.0198 e. The Labute approximate surface area is 135 Å². The Hall–Kier alpha value is -0.470. The number of hydrogen-bond acceptors (Lipinski definition) is 2. The smallest absolute Gasteiger partial charge is 0.0198 e. The van der Waals surface area contributed by atoms with Crippen molar-refractivity contribution in [2.45, 2.75) is 70.1 Å². The van der Waals surface area contributed by atoms with Gasteiger partial charge in [0.1, 0.15) is 0 Å². The fraction of sp³-hybridized carbons (Fsp3) is 0.684. The summed E-state index contributed by atoms with van der Waals surface area (Å²) in [5.41, 5.74) is 2.92. The van der Waals surface area contributed by atoms with Crippen molar-refractivity contribution in [1.29, 1.82) is 0 Å². The normalized spacial score (nSPS) is 17.2. The van der Waals surface area contributed by atoms with E-state index in [0.717, 1.165) is 18.2 Å². The molecule has 1 fully saturated rings. The van der Waals surface area contributed by atoms with E-state index in [0.29, 0.717) is 6.04 Å². The Morgan fingerprint density at radius 1 is 1.10 bits per heavy atom. The number of hydrogen-bond donors (Lipinski definition) is 1. The van der Waals surface area contributed by atoms with Gasteiger partial charge in [0.25, 0.3) is 0 Å². The first-order valence-corrected chi connectivity index (χ1v) is 9.79. The van der Waals surface area contributed by atoms with E-state index in [1.165, 1.54) is 55.4 Å². The third-order valence-corrected chi connectivity index (χ3v) is 5.97. The summed E-state index contributed by atoms with van der Waals surface area (Å²) in [4.78, 5) is 0. The highest BCUT2D eigenvalue weighted by molar-refractivity contribution is 7.99. The van der Waals surface area contributed by atoms with Crippen LogP contribution in [0.3, 0.4) is 0 Å². The van der Waals surface area contributed by atoms with Crippen LogP contribution in [0.4, 0.5) is 0 Å². The van der Waals surface area contributed by atoms with Gasteiger partial charge in [-0.2, -0.15) is 11.8 Å². The molecule has 0 heterocycles. The minimum atomic E-state index is 0.628. The van der Waals surface area contributed by atoms with Crippen LogP contribution in [0.15, 0.2) is 24.3 Å². The molecule has 1 atom stereocenters. The first kappa shape index (κ1) is 16.9. The summed E-state index contributed by atoms with van der Waals surface area (Å²) in [6.07, 6.45) is 9.30. The summed E-state index contributed by atoms with van der Waals surface area (Å²) >= 11 is 2.21. The van der Waals surface area contributed by atoms with E-state index in [1.54, 1.807) is 0 Å². The number of rotatable bonds is 9. The first-order chi connectivity index (χ1) is 10.3.